The number of imide groups is 1. The molecule has 1 fully saturated rings. The Kier molecular flexibility index (Phi) is 4.43. The lowest BCUT2D eigenvalue weighted by atomic mass is 9.98. The minimum absolute atomic E-state index is 0.317. The lowest BCUT2D eigenvalue weighted by molar-refractivity contribution is -0.131. The highest BCUT2D eigenvalue weighted by Gasteiger charge is 2.51. The Morgan fingerprint density at radius 2 is 1.84 bits per heavy atom. The van der Waals surface area contributed by atoms with Gasteiger partial charge in [0.1, 0.15) is 11.3 Å². The number of ketones is 1. The van der Waals surface area contributed by atoms with Crippen molar-refractivity contribution in [2.45, 2.75) is 18.9 Å². The van der Waals surface area contributed by atoms with Gasteiger partial charge in [0.15, 0.2) is 22.8 Å². The number of hydrogen-bond acceptors (Lipinski definition) is 6. The van der Waals surface area contributed by atoms with Gasteiger partial charge in [0, 0.05) is 17.4 Å². The van der Waals surface area contributed by atoms with Gasteiger partial charge in [0.05, 0.1) is 19.8 Å². The lowest BCUT2D eigenvalue weighted by Gasteiger charge is -2.19. The number of amides is 3. The maximum atomic E-state index is 13.1. The van der Waals surface area contributed by atoms with Gasteiger partial charge in [-0.15, -0.1) is 0 Å². The number of benzene rings is 2. The van der Waals surface area contributed by atoms with Gasteiger partial charge < -0.3 is 19.2 Å². The molecule has 5 rings (SSSR count). The molecule has 1 N–H and O–H groups in total. The second kappa shape index (κ2) is 7.16. The molecule has 1 atom stereocenters. The Labute approximate surface area is 177 Å². The number of ether oxygens (including phenoxy) is 2. The van der Waals surface area contributed by atoms with Gasteiger partial charge in [-0.3, -0.25) is 14.5 Å². The third kappa shape index (κ3) is 3.20. The van der Waals surface area contributed by atoms with E-state index in [0.717, 1.165) is 16.7 Å². The highest BCUT2D eigenvalue weighted by molar-refractivity contribution is 6.11. The van der Waals surface area contributed by atoms with Crippen LogP contribution in [0.25, 0.3) is 11.0 Å². The van der Waals surface area contributed by atoms with Crippen LogP contribution in [0.3, 0.4) is 0 Å². The van der Waals surface area contributed by atoms with Crippen LogP contribution in [-0.4, -0.2) is 42.4 Å². The van der Waals surface area contributed by atoms with Crippen molar-refractivity contribution in [3.8, 4) is 11.5 Å². The minimum atomic E-state index is -1.39. The van der Waals surface area contributed by atoms with E-state index in [-0.39, 0.29) is 12.3 Å². The summed E-state index contributed by atoms with van der Waals surface area (Å²) in [6.45, 7) is 2.22. The first kappa shape index (κ1) is 19.2. The first-order valence-electron chi connectivity index (χ1n) is 10.0. The predicted octanol–water partition coefficient (Wildman–Crippen LogP) is 3.24. The fraction of sp³-hybridized carbons (Fsp3) is 0.261. The number of carbonyl (C=O) groups excluding carboxylic acids is 3. The second-order valence-electron chi connectivity index (χ2n) is 7.73. The number of Topliss-reactive ketones (excluding diaryl/α,β-unsaturated/α-hetero) is 1. The van der Waals surface area contributed by atoms with E-state index in [1.54, 1.807) is 37.3 Å². The monoisotopic (exact) mass is 420 g/mol. The smallest absolute Gasteiger partial charge is 0.325 e. The quantitative estimate of drug-likeness (QED) is 0.514. The Morgan fingerprint density at radius 3 is 2.65 bits per heavy atom. The molecule has 0 aliphatic carbocycles. The summed E-state index contributed by atoms with van der Waals surface area (Å²) < 4.78 is 17.0. The number of hydrogen-bond donors (Lipinski definition) is 1. The summed E-state index contributed by atoms with van der Waals surface area (Å²) in [4.78, 5) is 39.5. The van der Waals surface area contributed by atoms with E-state index in [2.05, 4.69) is 5.32 Å². The van der Waals surface area contributed by atoms with Crippen LogP contribution in [0.15, 0.2) is 52.9 Å². The second-order valence-corrected chi connectivity index (χ2v) is 7.73. The van der Waals surface area contributed by atoms with Crippen LogP contribution in [0.5, 0.6) is 11.5 Å². The molecule has 3 aromatic rings. The third-order valence-electron chi connectivity index (χ3n) is 5.56. The molecular formula is C23H20N2O6. The third-order valence-corrected chi connectivity index (χ3v) is 5.56. The zero-order valence-corrected chi connectivity index (χ0v) is 16.8. The van der Waals surface area contributed by atoms with Crippen molar-refractivity contribution in [1.29, 1.82) is 0 Å². The standard InChI is InChI=1S/C23H20N2O6/c1-23(20-12-15-5-2-3-6-17(15)31-20)21(27)25(22(28)24-23)13-16(26)14-7-8-18-19(11-14)30-10-4-9-29-18/h2-3,5-8,11-12H,4,9-10,13H2,1H3,(H,24,28)/t23-/m1/s1. The zero-order valence-electron chi connectivity index (χ0n) is 16.8. The molecule has 3 heterocycles. The van der Waals surface area contributed by atoms with E-state index in [1.807, 2.05) is 18.2 Å². The van der Waals surface area contributed by atoms with Crippen molar-refractivity contribution < 1.29 is 28.3 Å². The molecule has 0 bridgehead atoms. The van der Waals surface area contributed by atoms with Gasteiger partial charge in [0.2, 0.25) is 0 Å². The average Bonchev–Trinajstić information content (AvgIpc) is 3.19. The molecule has 31 heavy (non-hydrogen) atoms. The molecule has 1 aromatic heterocycles. The first-order chi connectivity index (χ1) is 15.0. The number of rotatable bonds is 4. The molecular weight excluding hydrogens is 400 g/mol. The van der Waals surface area contributed by atoms with E-state index in [4.69, 9.17) is 13.9 Å². The van der Waals surface area contributed by atoms with Crippen molar-refractivity contribution in [3.63, 3.8) is 0 Å². The molecule has 0 unspecified atom stereocenters. The average molecular weight is 420 g/mol. The number of para-hydroxylation sites is 1. The number of carbonyl (C=O) groups is 3. The van der Waals surface area contributed by atoms with Crippen LogP contribution < -0.4 is 14.8 Å². The summed E-state index contributed by atoms with van der Waals surface area (Å²) >= 11 is 0. The van der Waals surface area contributed by atoms with E-state index in [0.29, 0.717) is 41.6 Å². The topological polar surface area (TPSA) is 98.1 Å². The molecule has 158 valence electrons. The Hall–Kier alpha value is -3.81. The van der Waals surface area contributed by atoms with Crippen LogP contribution in [0, 0.1) is 0 Å². The van der Waals surface area contributed by atoms with Crippen molar-refractivity contribution in [3.05, 3.63) is 59.9 Å². The van der Waals surface area contributed by atoms with Crippen molar-refractivity contribution in [1.82, 2.24) is 10.2 Å². The molecule has 8 nitrogen and oxygen atoms in total. The van der Waals surface area contributed by atoms with E-state index >= 15 is 0 Å². The molecule has 2 aliphatic heterocycles. The van der Waals surface area contributed by atoms with Gasteiger partial charge in [-0.1, -0.05) is 18.2 Å². The number of furan rings is 1. The van der Waals surface area contributed by atoms with E-state index < -0.39 is 17.5 Å². The van der Waals surface area contributed by atoms with Gasteiger partial charge >= 0.3 is 6.03 Å². The van der Waals surface area contributed by atoms with Crippen molar-refractivity contribution in [2.75, 3.05) is 19.8 Å². The molecule has 2 aromatic carbocycles. The Balaban J connectivity index is 1.38. The van der Waals surface area contributed by atoms with Crippen LogP contribution in [0.1, 0.15) is 29.5 Å². The van der Waals surface area contributed by atoms with E-state index in [9.17, 15) is 14.4 Å². The van der Waals surface area contributed by atoms with Gasteiger partial charge in [0.25, 0.3) is 5.91 Å². The van der Waals surface area contributed by atoms with Crippen LogP contribution in [-0.2, 0) is 10.3 Å². The normalized spacial score (nSPS) is 20.6. The molecule has 3 amide bonds. The summed E-state index contributed by atoms with van der Waals surface area (Å²) in [5.41, 5.74) is -0.439. The summed E-state index contributed by atoms with van der Waals surface area (Å²) in [6.07, 6.45) is 0.751. The summed E-state index contributed by atoms with van der Waals surface area (Å²) in [6, 6.07) is 13.3. The molecule has 8 heteroatoms. The molecule has 0 spiro atoms. The Bertz CT molecular complexity index is 1180. The highest BCUT2D eigenvalue weighted by Crippen LogP contribution is 2.34. The maximum absolute atomic E-state index is 13.1. The molecule has 2 aliphatic rings. The van der Waals surface area contributed by atoms with Crippen LogP contribution >= 0.6 is 0 Å². The van der Waals surface area contributed by atoms with Crippen molar-refractivity contribution in [2.24, 2.45) is 0 Å². The summed E-state index contributed by atoms with van der Waals surface area (Å²) in [7, 11) is 0. The summed E-state index contributed by atoms with van der Waals surface area (Å²) in [5.74, 6) is 0.444. The fourth-order valence-corrected chi connectivity index (χ4v) is 3.81. The van der Waals surface area contributed by atoms with Crippen LogP contribution in [0.2, 0.25) is 0 Å². The molecule has 0 radical (unpaired) electrons. The van der Waals surface area contributed by atoms with Gasteiger partial charge in [-0.05, 0) is 37.3 Å². The highest BCUT2D eigenvalue weighted by atomic mass is 16.5. The first-order valence-corrected chi connectivity index (χ1v) is 10.0. The number of urea groups is 1. The molecule has 1 saturated heterocycles. The van der Waals surface area contributed by atoms with E-state index in [1.165, 1.54) is 0 Å². The minimum Gasteiger partial charge on any atom is -0.490 e. The number of fused-ring (bicyclic) bond motifs is 2. The Morgan fingerprint density at radius 1 is 1.06 bits per heavy atom. The van der Waals surface area contributed by atoms with Crippen LogP contribution in [0.4, 0.5) is 4.79 Å². The van der Waals surface area contributed by atoms with Gasteiger partial charge in [-0.2, -0.15) is 0 Å². The fourth-order valence-electron chi connectivity index (χ4n) is 3.81. The largest absolute Gasteiger partial charge is 0.490 e. The predicted molar refractivity (Wildman–Crippen MR) is 110 cm³/mol. The number of nitrogens with zero attached hydrogens (tertiary/aromatic N) is 1. The lowest BCUT2D eigenvalue weighted by Crippen LogP contribution is -2.41. The maximum Gasteiger partial charge on any atom is 0.325 e. The number of nitrogens with one attached hydrogen (secondary N) is 1. The zero-order chi connectivity index (χ0) is 21.6. The SMILES string of the molecule is C[C@]1(c2cc3ccccc3o2)NC(=O)N(CC(=O)c2ccc3c(c2)OCCCO3)C1=O. The van der Waals surface area contributed by atoms with Crippen molar-refractivity contribution >= 4 is 28.7 Å². The molecule has 0 saturated carbocycles. The van der Waals surface area contributed by atoms with Gasteiger partial charge in [-0.25, -0.2) is 4.79 Å². The summed E-state index contributed by atoms with van der Waals surface area (Å²) in [5, 5.41) is 3.49.